The summed E-state index contributed by atoms with van der Waals surface area (Å²) >= 11 is 0. The van der Waals surface area contributed by atoms with Gasteiger partial charge in [-0.05, 0) is 38.2 Å². The maximum atomic E-state index is 11.9. The zero-order valence-electron chi connectivity index (χ0n) is 11.5. The number of carboxylic acids is 1. The van der Waals surface area contributed by atoms with Crippen LogP contribution in [0, 0.1) is 0 Å². The Hall–Kier alpha value is -1.88. The molecule has 2 N–H and O–H groups in total. The lowest BCUT2D eigenvalue weighted by molar-refractivity contribution is -0.139. The maximum absolute atomic E-state index is 11.9. The zero-order chi connectivity index (χ0) is 14.4. The van der Waals surface area contributed by atoms with Crippen LogP contribution in [0.15, 0.2) is 24.3 Å². The van der Waals surface area contributed by atoms with E-state index in [-0.39, 0.29) is 5.91 Å². The fourth-order valence-electron chi connectivity index (χ4n) is 1.71. The van der Waals surface area contributed by atoms with Crippen molar-refractivity contribution < 1.29 is 14.7 Å². The highest BCUT2D eigenvalue weighted by Gasteiger charge is 2.18. The van der Waals surface area contributed by atoms with Crippen LogP contribution >= 0.6 is 0 Å². The van der Waals surface area contributed by atoms with Crippen molar-refractivity contribution >= 4 is 11.9 Å². The number of nitrogens with zero attached hydrogens (tertiary/aromatic N) is 1. The first-order chi connectivity index (χ1) is 8.93. The predicted molar refractivity (Wildman–Crippen MR) is 73.0 cm³/mol. The van der Waals surface area contributed by atoms with Gasteiger partial charge in [-0.15, -0.1) is 0 Å². The summed E-state index contributed by atoms with van der Waals surface area (Å²) in [5.74, 6) is -1.37. The molecule has 1 atom stereocenters. The first-order valence-electron chi connectivity index (χ1n) is 6.21. The molecule has 1 unspecified atom stereocenters. The topological polar surface area (TPSA) is 69.6 Å². The van der Waals surface area contributed by atoms with E-state index in [1.807, 2.05) is 31.1 Å². The van der Waals surface area contributed by atoms with Gasteiger partial charge in [0.1, 0.15) is 6.04 Å². The number of hydrogen-bond acceptors (Lipinski definition) is 3. The molecule has 1 amide bonds. The van der Waals surface area contributed by atoms with Crippen LogP contribution in [0.5, 0.6) is 0 Å². The van der Waals surface area contributed by atoms with Crippen molar-refractivity contribution in [3.05, 3.63) is 35.4 Å². The molecule has 0 bridgehead atoms. The summed E-state index contributed by atoms with van der Waals surface area (Å²) in [7, 11) is 3.94. The molecule has 0 saturated heterocycles. The summed E-state index contributed by atoms with van der Waals surface area (Å²) in [6.45, 7) is 2.52. The Bertz CT molecular complexity index is 441. The second-order valence-electron chi connectivity index (χ2n) is 4.71. The van der Waals surface area contributed by atoms with Gasteiger partial charge in [-0.25, -0.2) is 4.79 Å². The Morgan fingerprint density at radius 3 is 2.26 bits per heavy atom. The van der Waals surface area contributed by atoms with Gasteiger partial charge in [0.05, 0.1) is 0 Å². The van der Waals surface area contributed by atoms with Crippen molar-refractivity contribution in [3.8, 4) is 0 Å². The normalized spacial score (nSPS) is 12.2. The minimum atomic E-state index is -1.01. The van der Waals surface area contributed by atoms with E-state index in [1.54, 1.807) is 19.1 Å². The number of carbonyl (C=O) groups is 2. The molecule has 0 fully saturated rings. The minimum absolute atomic E-state index is 0.356. The van der Waals surface area contributed by atoms with Crippen LogP contribution < -0.4 is 5.32 Å². The van der Waals surface area contributed by atoms with Crippen LogP contribution in [0.4, 0.5) is 0 Å². The SMILES string of the molecule is CCC(NC(=O)c1ccc(CN(C)C)cc1)C(=O)O. The first kappa shape index (κ1) is 15.2. The van der Waals surface area contributed by atoms with Gasteiger partial charge in [0.15, 0.2) is 0 Å². The van der Waals surface area contributed by atoms with E-state index >= 15 is 0 Å². The molecule has 0 aliphatic rings. The van der Waals surface area contributed by atoms with Gasteiger partial charge in [-0.3, -0.25) is 4.79 Å². The summed E-state index contributed by atoms with van der Waals surface area (Å²) in [6.07, 6.45) is 0.361. The lowest BCUT2D eigenvalue weighted by Gasteiger charge is -2.13. The molecule has 0 spiro atoms. The lowest BCUT2D eigenvalue weighted by atomic mass is 10.1. The average molecular weight is 264 g/mol. The van der Waals surface area contributed by atoms with Crippen LogP contribution in [0.25, 0.3) is 0 Å². The van der Waals surface area contributed by atoms with Gasteiger partial charge >= 0.3 is 5.97 Å². The quantitative estimate of drug-likeness (QED) is 0.813. The minimum Gasteiger partial charge on any atom is -0.480 e. The standard InChI is InChI=1S/C14H20N2O3/c1-4-12(14(18)19)15-13(17)11-7-5-10(6-8-11)9-16(2)3/h5-8,12H,4,9H2,1-3H3,(H,15,17)(H,18,19). The summed E-state index contributed by atoms with van der Waals surface area (Å²) < 4.78 is 0. The number of nitrogens with one attached hydrogen (secondary N) is 1. The smallest absolute Gasteiger partial charge is 0.326 e. The third-order valence-corrected chi connectivity index (χ3v) is 2.73. The van der Waals surface area contributed by atoms with Crippen molar-refractivity contribution in [2.45, 2.75) is 25.9 Å². The van der Waals surface area contributed by atoms with Crippen LogP contribution in [-0.4, -0.2) is 42.0 Å². The number of benzene rings is 1. The predicted octanol–water partition coefficient (Wildman–Crippen LogP) is 1.34. The van der Waals surface area contributed by atoms with Crippen LogP contribution in [-0.2, 0) is 11.3 Å². The molecule has 104 valence electrons. The number of carboxylic acid groups (broad SMARTS) is 1. The molecular formula is C14H20N2O3. The summed E-state index contributed by atoms with van der Waals surface area (Å²) in [5, 5.41) is 11.4. The van der Waals surface area contributed by atoms with E-state index in [1.165, 1.54) is 0 Å². The Morgan fingerprint density at radius 1 is 1.26 bits per heavy atom. The van der Waals surface area contributed by atoms with Crippen LogP contribution in [0.3, 0.4) is 0 Å². The Labute approximate surface area is 113 Å². The number of aliphatic carboxylic acids is 1. The van der Waals surface area contributed by atoms with Gasteiger partial charge in [0.2, 0.25) is 0 Å². The molecule has 0 heterocycles. The molecule has 0 aromatic heterocycles. The highest BCUT2D eigenvalue weighted by Crippen LogP contribution is 2.07. The molecule has 0 radical (unpaired) electrons. The number of carbonyl (C=O) groups excluding carboxylic acids is 1. The Balaban J connectivity index is 2.70. The van der Waals surface area contributed by atoms with E-state index < -0.39 is 12.0 Å². The molecule has 1 rings (SSSR count). The third kappa shape index (κ3) is 4.71. The fourth-order valence-corrected chi connectivity index (χ4v) is 1.71. The Kier molecular flexibility index (Phi) is 5.51. The fraction of sp³-hybridized carbons (Fsp3) is 0.429. The van der Waals surface area contributed by atoms with E-state index in [2.05, 4.69) is 5.32 Å². The molecule has 19 heavy (non-hydrogen) atoms. The molecule has 1 aromatic rings. The second-order valence-corrected chi connectivity index (χ2v) is 4.71. The molecule has 0 aliphatic heterocycles. The van der Waals surface area contributed by atoms with E-state index in [0.29, 0.717) is 12.0 Å². The summed E-state index contributed by atoms with van der Waals surface area (Å²) in [4.78, 5) is 24.8. The van der Waals surface area contributed by atoms with Gasteiger partial charge in [-0.2, -0.15) is 0 Å². The van der Waals surface area contributed by atoms with Crippen LogP contribution in [0.1, 0.15) is 29.3 Å². The van der Waals surface area contributed by atoms with Crippen molar-refractivity contribution in [1.29, 1.82) is 0 Å². The highest BCUT2D eigenvalue weighted by atomic mass is 16.4. The van der Waals surface area contributed by atoms with Gasteiger partial charge in [-0.1, -0.05) is 19.1 Å². The number of hydrogen-bond donors (Lipinski definition) is 2. The number of amides is 1. The third-order valence-electron chi connectivity index (χ3n) is 2.73. The maximum Gasteiger partial charge on any atom is 0.326 e. The van der Waals surface area contributed by atoms with E-state index in [9.17, 15) is 9.59 Å². The first-order valence-corrected chi connectivity index (χ1v) is 6.21. The summed E-state index contributed by atoms with van der Waals surface area (Å²) in [6, 6.07) is 6.33. The van der Waals surface area contributed by atoms with Crippen molar-refractivity contribution in [3.63, 3.8) is 0 Å². The van der Waals surface area contributed by atoms with E-state index in [4.69, 9.17) is 5.11 Å². The molecular weight excluding hydrogens is 244 g/mol. The second kappa shape index (κ2) is 6.89. The Morgan fingerprint density at radius 2 is 1.84 bits per heavy atom. The molecule has 0 saturated carbocycles. The monoisotopic (exact) mass is 264 g/mol. The van der Waals surface area contributed by atoms with Gasteiger partial charge in [0, 0.05) is 12.1 Å². The average Bonchev–Trinajstić information content (AvgIpc) is 2.35. The molecule has 5 nitrogen and oxygen atoms in total. The summed E-state index contributed by atoms with van der Waals surface area (Å²) in [5.41, 5.74) is 1.58. The van der Waals surface area contributed by atoms with E-state index in [0.717, 1.165) is 12.1 Å². The van der Waals surface area contributed by atoms with Crippen LogP contribution in [0.2, 0.25) is 0 Å². The van der Waals surface area contributed by atoms with Gasteiger partial charge in [0.25, 0.3) is 5.91 Å². The number of rotatable bonds is 6. The molecule has 5 heteroatoms. The highest BCUT2D eigenvalue weighted by molar-refractivity contribution is 5.96. The van der Waals surface area contributed by atoms with Gasteiger partial charge < -0.3 is 15.3 Å². The van der Waals surface area contributed by atoms with Crippen molar-refractivity contribution in [2.75, 3.05) is 14.1 Å². The largest absolute Gasteiger partial charge is 0.480 e. The van der Waals surface area contributed by atoms with Crippen molar-refractivity contribution in [1.82, 2.24) is 10.2 Å². The lowest BCUT2D eigenvalue weighted by Crippen LogP contribution is -2.40. The molecule has 0 aliphatic carbocycles. The molecule has 1 aromatic carbocycles. The van der Waals surface area contributed by atoms with Crippen molar-refractivity contribution in [2.24, 2.45) is 0 Å². The zero-order valence-corrected chi connectivity index (χ0v) is 11.5.